The van der Waals surface area contributed by atoms with Crippen molar-refractivity contribution in [3.8, 4) is 5.75 Å². The van der Waals surface area contributed by atoms with E-state index in [1.807, 2.05) is 11.9 Å². The molecule has 206 valence electrons. The Morgan fingerprint density at radius 2 is 1.77 bits per heavy atom. The summed E-state index contributed by atoms with van der Waals surface area (Å²) in [5, 5.41) is 3.86. The quantitative estimate of drug-likeness (QED) is 0.301. The van der Waals surface area contributed by atoms with E-state index >= 15 is 0 Å². The Balaban J connectivity index is 1.58. The van der Waals surface area contributed by atoms with Gasteiger partial charge in [0.2, 0.25) is 0 Å². The molecule has 2 aromatic heterocycles. The monoisotopic (exact) mass is 543 g/mol. The number of hydrogen-bond donors (Lipinski definition) is 3. The summed E-state index contributed by atoms with van der Waals surface area (Å²) < 4.78 is 43.2. The number of aromatic nitrogens is 3. The molecule has 0 atom stereocenters. The Bertz CT molecular complexity index is 1340. The van der Waals surface area contributed by atoms with Crippen molar-refractivity contribution in [2.75, 3.05) is 48.5 Å². The van der Waals surface area contributed by atoms with Gasteiger partial charge in [-0.05, 0) is 26.1 Å². The molecule has 0 unspecified atom stereocenters. The number of nitrogens with one attached hydrogen (secondary N) is 1. The number of piperazine rings is 1. The van der Waals surface area contributed by atoms with Crippen LogP contribution in [0.25, 0.3) is 5.70 Å². The predicted octanol–water partition coefficient (Wildman–Crippen LogP) is 2.72. The second-order valence-electron chi connectivity index (χ2n) is 8.96. The molecule has 0 aliphatic carbocycles. The average molecular weight is 544 g/mol. The highest BCUT2D eigenvalue weighted by molar-refractivity contribution is 6.05. The van der Waals surface area contributed by atoms with Crippen LogP contribution in [0, 0.1) is 6.92 Å². The van der Waals surface area contributed by atoms with Crippen molar-refractivity contribution in [2.24, 2.45) is 11.6 Å². The van der Waals surface area contributed by atoms with Gasteiger partial charge in [0.15, 0.2) is 0 Å². The lowest BCUT2D eigenvalue weighted by Crippen LogP contribution is -2.44. The topological polar surface area (TPSA) is 139 Å². The van der Waals surface area contributed by atoms with Gasteiger partial charge in [0.1, 0.15) is 12.1 Å². The van der Waals surface area contributed by atoms with Crippen molar-refractivity contribution in [1.82, 2.24) is 19.9 Å². The van der Waals surface area contributed by atoms with E-state index in [0.717, 1.165) is 19.2 Å². The Labute approximate surface area is 222 Å². The van der Waals surface area contributed by atoms with Gasteiger partial charge in [0, 0.05) is 80.0 Å². The van der Waals surface area contributed by atoms with Gasteiger partial charge in [0.25, 0.3) is 5.91 Å². The molecule has 0 radical (unpaired) electrons. The van der Waals surface area contributed by atoms with Gasteiger partial charge in [-0.3, -0.25) is 14.8 Å². The first-order valence-corrected chi connectivity index (χ1v) is 11.9. The zero-order chi connectivity index (χ0) is 28.2. The highest BCUT2D eigenvalue weighted by Gasteiger charge is 2.32. The summed E-state index contributed by atoms with van der Waals surface area (Å²) in [6, 6.07) is 5.53. The number of hydrogen-bond acceptors (Lipinski definition) is 10. The van der Waals surface area contributed by atoms with Gasteiger partial charge in [-0.2, -0.15) is 0 Å². The van der Waals surface area contributed by atoms with Crippen LogP contribution in [0.3, 0.4) is 0 Å². The number of ether oxygens (including phenoxy) is 1. The van der Waals surface area contributed by atoms with Gasteiger partial charge in [-0.25, -0.2) is 15.8 Å². The number of carbonyl (C=O) groups excluding carboxylic acids is 1. The zero-order valence-electron chi connectivity index (χ0n) is 21.3. The number of likely N-dealkylation sites (N-methyl/N-ethyl adjacent to an activating group) is 1. The van der Waals surface area contributed by atoms with Crippen LogP contribution in [0.4, 0.5) is 30.2 Å². The largest absolute Gasteiger partial charge is 0.573 e. The van der Waals surface area contributed by atoms with Crippen LogP contribution in [0.5, 0.6) is 5.75 Å². The van der Waals surface area contributed by atoms with E-state index in [9.17, 15) is 18.0 Å². The van der Waals surface area contributed by atoms with Crippen molar-refractivity contribution >= 4 is 28.7 Å². The van der Waals surface area contributed by atoms with E-state index in [0.29, 0.717) is 35.7 Å². The number of hydrazine groups is 1. The molecule has 3 heterocycles. The number of nitrogens with two attached hydrogens (primary N) is 2. The summed E-state index contributed by atoms with van der Waals surface area (Å²) >= 11 is 0. The number of benzene rings is 1. The van der Waals surface area contributed by atoms with Crippen molar-refractivity contribution in [3.05, 3.63) is 72.2 Å². The van der Waals surface area contributed by atoms with Crippen LogP contribution in [-0.4, -0.2) is 65.3 Å². The Morgan fingerprint density at radius 3 is 2.44 bits per heavy atom. The van der Waals surface area contributed by atoms with Crippen LogP contribution < -0.4 is 31.5 Å². The van der Waals surface area contributed by atoms with E-state index in [-0.39, 0.29) is 16.9 Å². The van der Waals surface area contributed by atoms with Crippen molar-refractivity contribution < 1.29 is 22.7 Å². The Morgan fingerprint density at radius 1 is 1.08 bits per heavy atom. The van der Waals surface area contributed by atoms with Gasteiger partial charge < -0.3 is 25.6 Å². The fraction of sp³-hybridized carbons (Fsp3) is 0.280. The molecular formula is C25H28F3N9O2. The molecule has 0 bridgehead atoms. The van der Waals surface area contributed by atoms with Gasteiger partial charge in [-0.1, -0.05) is 0 Å². The van der Waals surface area contributed by atoms with E-state index in [1.54, 1.807) is 13.0 Å². The van der Waals surface area contributed by atoms with Crippen LogP contribution in [0.15, 0.2) is 55.4 Å². The second-order valence-corrected chi connectivity index (χ2v) is 8.96. The number of nitrogens with zero attached hydrogens (tertiary/aromatic N) is 6. The minimum Gasteiger partial charge on any atom is -0.406 e. The molecule has 1 saturated heterocycles. The number of carbonyl (C=O) groups is 1. The van der Waals surface area contributed by atoms with Gasteiger partial charge in [-0.15, -0.1) is 13.2 Å². The van der Waals surface area contributed by atoms with Crippen LogP contribution in [0.1, 0.15) is 21.6 Å². The van der Waals surface area contributed by atoms with E-state index in [1.165, 1.54) is 48.3 Å². The molecule has 1 fully saturated rings. The lowest BCUT2D eigenvalue weighted by molar-refractivity contribution is -0.274. The molecule has 39 heavy (non-hydrogen) atoms. The van der Waals surface area contributed by atoms with Gasteiger partial charge >= 0.3 is 6.36 Å². The van der Waals surface area contributed by atoms with Crippen molar-refractivity contribution in [1.29, 1.82) is 0 Å². The molecule has 0 saturated carbocycles. The maximum Gasteiger partial charge on any atom is 0.573 e. The fourth-order valence-corrected chi connectivity index (χ4v) is 3.95. The smallest absolute Gasteiger partial charge is 0.406 e. The molecule has 4 rings (SSSR count). The number of halogens is 3. The summed E-state index contributed by atoms with van der Waals surface area (Å²) in [5.41, 5.74) is 8.58. The van der Waals surface area contributed by atoms with Crippen molar-refractivity contribution in [3.63, 3.8) is 0 Å². The first kappa shape index (κ1) is 27.6. The normalized spacial score (nSPS) is 14.7. The predicted molar refractivity (Wildman–Crippen MR) is 141 cm³/mol. The third-order valence-electron chi connectivity index (χ3n) is 6.02. The highest BCUT2D eigenvalue weighted by Crippen LogP contribution is 2.32. The summed E-state index contributed by atoms with van der Waals surface area (Å²) in [6.07, 6.45) is 2.31. The molecule has 5 N–H and O–H groups in total. The third-order valence-corrected chi connectivity index (χ3v) is 6.02. The number of alkyl halides is 3. The molecular weight excluding hydrogens is 515 g/mol. The van der Waals surface area contributed by atoms with E-state index in [4.69, 9.17) is 11.6 Å². The molecule has 0 spiro atoms. The second kappa shape index (κ2) is 11.5. The lowest BCUT2D eigenvalue weighted by Gasteiger charge is -2.34. The molecule has 1 amide bonds. The number of anilines is 3. The van der Waals surface area contributed by atoms with E-state index < -0.39 is 18.0 Å². The molecule has 1 aliphatic rings. The molecule has 3 aromatic rings. The van der Waals surface area contributed by atoms with Gasteiger partial charge in [0.05, 0.1) is 22.6 Å². The summed E-state index contributed by atoms with van der Waals surface area (Å²) in [4.78, 5) is 29.2. The first-order valence-electron chi connectivity index (χ1n) is 11.9. The average Bonchev–Trinajstić information content (AvgIpc) is 2.88. The SMILES string of the molecule is Cc1ncc(C(=O)Nc2cc(OC(F)(F)F)cc(N3CCN(C)CC3)c2)cc1N(N)/C=C(\N)c1cncnc1. The maximum absolute atomic E-state index is 13.1. The lowest BCUT2D eigenvalue weighted by atomic mass is 10.1. The summed E-state index contributed by atoms with van der Waals surface area (Å²) in [7, 11) is 1.97. The van der Waals surface area contributed by atoms with Crippen LogP contribution >= 0.6 is 0 Å². The van der Waals surface area contributed by atoms with E-state index in [2.05, 4.69) is 29.9 Å². The molecule has 11 nitrogen and oxygen atoms in total. The Kier molecular flexibility index (Phi) is 8.16. The number of amides is 1. The Hall–Kier alpha value is -4.43. The summed E-state index contributed by atoms with van der Waals surface area (Å²) in [5.74, 6) is 5.15. The maximum atomic E-state index is 13.1. The van der Waals surface area contributed by atoms with Crippen molar-refractivity contribution in [2.45, 2.75) is 13.3 Å². The number of pyridine rings is 1. The minimum absolute atomic E-state index is 0.129. The molecule has 1 aliphatic heterocycles. The number of rotatable bonds is 7. The summed E-state index contributed by atoms with van der Waals surface area (Å²) in [6.45, 7) is 4.42. The number of aryl methyl sites for hydroxylation is 1. The standard InChI is InChI=1S/C25H28F3N9O2/c1-16-23(37(30)14-22(29)18-11-31-15-32-12-18)7-17(13-33-16)24(38)34-19-8-20(36-5-3-35(2)4-6-36)10-21(9-19)39-25(26,27)28/h7-15H,3-6,29-30H2,1-2H3,(H,34,38)/b22-14-. The van der Waals surface area contributed by atoms with Crippen LogP contribution in [-0.2, 0) is 0 Å². The first-order chi connectivity index (χ1) is 18.5. The minimum atomic E-state index is -4.89. The highest BCUT2D eigenvalue weighted by atomic mass is 19.4. The molecule has 1 aromatic carbocycles. The van der Waals surface area contributed by atoms with Crippen LogP contribution in [0.2, 0.25) is 0 Å². The fourth-order valence-electron chi connectivity index (χ4n) is 3.95. The zero-order valence-corrected chi connectivity index (χ0v) is 21.3. The molecule has 14 heteroatoms. The third kappa shape index (κ3) is 7.33.